The SMILES string of the molecule is Nc1cnc(NCC2Cc3ccccc3O2)c(Br)c1. The van der Waals surface area contributed by atoms with Crippen molar-refractivity contribution in [2.75, 3.05) is 17.6 Å². The molecule has 0 amide bonds. The quantitative estimate of drug-likeness (QED) is 0.913. The van der Waals surface area contributed by atoms with Crippen molar-refractivity contribution in [2.24, 2.45) is 0 Å². The molecule has 1 atom stereocenters. The molecule has 2 aromatic rings. The number of fused-ring (bicyclic) bond motifs is 1. The van der Waals surface area contributed by atoms with Crippen LogP contribution in [0.3, 0.4) is 0 Å². The van der Waals surface area contributed by atoms with Gasteiger partial charge in [-0.2, -0.15) is 0 Å². The van der Waals surface area contributed by atoms with E-state index < -0.39 is 0 Å². The van der Waals surface area contributed by atoms with Crippen molar-refractivity contribution in [3.8, 4) is 5.75 Å². The van der Waals surface area contributed by atoms with Gasteiger partial charge in [-0.25, -0.2) is 4.98 Å². The number of pyridine rings is 1. The molecule has 1 unspecified atom stereocenters. The summed E-state index contributed by atoms with van der Waals surface area (Å²) in [5.41, 5.74) is 7.56. The topological polar surface area (TPSA) is 60.2 Å². The highest BCUT2D eigenvalue weighted by molar-refractivity contribution is 9.10. The lowest BCUT2D eigenvalue weighted by Crippen LogP contribution is -2.24. The summed E-state index contributed by atoms with van der Waals surface area (Å²) in [6.07, 6.45) is 2.70. The molecule has 0 saturated carbocycles. The molecular formula is C14H14BrN3O. The Hall–Kier alpha value is -1.75. The van der Waals surface area contributed by atoms with Gasteiger partial charge in [0.2, 0.25) is 0 Å². The minimum absolute atomic E-state index is 0.142. The van der Waals surface area contributed by atoms with Crippen molar-refractivity contribution in [2.45, 2.75) is 12.5 Å². The number of rotatable bonds is 3. The molecule has 3 N–H and O–H groups in total. The number of hydrogen-bond acceptors (Lipinski definition) is 4. The fourth-order valence-corrected chi connectivity index (χ4v) is 2.67. The Kier molecular flexibility index (Phi) is 3.29. The molecule has 1 aliphatic heterocycles. The van der Waals surface area contributed by atoms with E-state index in [1.54, 1.807) is 6.20 Å². The number of nitrogens with zero attached hydrogens (tertiary/aromatic N) is 1. The smallest absolute Gasteiger partial charge is 0.140 e. The number of halogens is 1. The molecule has 98 valence electrons. The summed E-state index contributed by atoms with van der Waals surface area (Å²) in [6, 6.07) is 9.97. The standard InChI is InChI=1S/C14H14BrN3O/c15-12-6-10(16)7-17-14(12)18-8-11-5-9-3-1-2-4-13(9)19-11/h1-4,6-7,11H,5,8,16H2,(H,17,18). The number of ether oxygens (including phenoxy) is 1. The van der Waals surface area contributed by atoms with Crippen molar-refractivity contribution in [1.29, 1.82) is 0 Å². The maximum Gasteiger partial charge on any atom is 0.140 e. The van der Waals surface area contributed by atoms with Crippen LogP contribution < -0.4 is 15.8 Å². The molecule has 0 radical (unpaired) electrons. The van der Waals surface area contributed by atoms with Crippen LogP contribution in [-0.2, 0) is 6.42 Å². The van der Waals surface area contributed by atoms with Gasteiger partial charge in [0.1, 0.15) is 17.7 Å². The lowest BCUT2D eigenvalue weighted by atomic mass is 10.1. The second kappa shape index (κ2) is 5.09. The van der Waals surface area contributed by atoms with Crippen molar-refractivity contribution >= 4 is 27.4 Å². The largest absolute Gasteiger partial charge is 0.488 e. The fourth-order valence-electron chi connectivity index (χ4n) is 2.16. The fraction of sp³-hybridized carbons (Fsp3) is 0.214. The van der Waals surface area contributed by atoms with Crippen LogP contribution in [0.25, 0.3) is 0 Å². The third-order valence-electron chi connectivity index (χ3n) is 3.07. The molecule has 0 aliphatic carbocycles. The molecule has 3 rings (SSSR count). The predicted molar refractivity (Wildman–Crippen MR) is 79.4 cm³/mol. The van der Waals surface area contributed by atoms with E-state index in [4.69, 9.17) is 10.5 Å². The Morgan fingerprint density at radius 1 is 1.42 bits per heavy atom. The molecule has 0 bridgehead atoms. The van der Waals surface area contributed by atoms with E-state index in [2.05, 4.69) is 32.3 Å². The number of para-hydroxylation sites is 1. The van der Waals surface area contributed by atoms with Crippen LogP contribution in [0.5, 0.6) is 5.75 Å². The van der Waals surface area contributed by atoms with Crippen LogP contribution in [0, 0.1) is 0 Å². The van der Waals surface area contributed by atoms with Gasteiger partial charge in [0.05, 0.1) is 22.9 Å². The van der Waals surface area contributed by atoms with Gasteiger partial charge in [0.25, 0.3) is 0 Å². The first-order valence-electron chi connectivity index (χ1n) is 6.12. The molecule has 0 saturated heterocycles. The Morgan fingerprint density at radius 2 is 2.26 bits per heavy atom. The van der Waals surface area contributed by atoms with Crippen LogP contribution in [0.4, 0.5) is 11.5 Å². The number of benzene rings is 1. The number of nitrogen functional groups attached to an aromatic ring is 1. The highest BCUT2D eigenvalue weighted by atomic mass is 79.9. The summed E-state index contributed by atoms with van der Waals surface area (Å²) in [7, 11) is 0. The number of nitrogens with two attached hydrogens (primary N) is 1. The number of anilines is 2. The highest BCUT2D eigenvalue weighted by Gasteiger charge is 2.22. The molecule has 1 aromatic carbocycles. The molecular weight excluding hydrogens is 306 g/mol. The van der Waals surface area contributed by atoms with Crippen molar-refractivity contribution < 1.29 is 4.74 Å². The van der Waals surface area contributed by atoms with Gasteiger partial charge in [0.15, 0.2) is 0 Å². The van der Waals surface area contributed by atoms with Crippen LogP contribution in [0.15, 0.2) is 41.0 Å². The summed E-state index contributed by atoms with van der Waals surface area (Å²) < 4.78 is 6.73. The van der Waals surface area contributed by atoms with E-state index in [-0.39, 0.29) is 6.10 Å². The number of aromatic nitrogens is 1. The summed E-state index contributed by atoms with van der Waals surface area (Å²) in [4.78, 5) is 4.25. The van der Waals surface area contributed by atoms with Gasteiger partial charge >= 0.3 is 0 Å². The Morgan fingerprint density at radius 3 is 3.05 bits per heavy atom. The summed E-state index contributed by atoms with van der Waals surface area (Å²) in [5.74, 6) is 1.77. The maximum atomic E-state index is 5.86. The van der Waals surface area contributed by atoms with Gasteiger partial charge < -0.3 is 15.8 Å². The van der Waals surface area contributed by atoms with E-state index in [0.717, 1.165) is 22.5 Å². The molecule has 4 nitrogen and oxygen atoms in total. The average Bonchev–Trinajstić information content (AvgIpc) is 2.80. The first-order valence-corrected chi connectivity index (χ1v) is 6.91. The minimum Gasteiger partial charge on any atom is -0.488 e. The van der Waals surface area contributed by atoms with Crippen molar-refractivity contribution in [1.82, 2.24) is 4.98 Å². The lowest BCUT2D eigenvalue weighted by molar-refractivity contribution is 0.246. The molecule has 0 spiro atoms. The third-order valence-corrected chi connectivity index (χ3v) is 3.68. The van der Waals surface area contributed by atoms with Gasteiger partial charge in [-0.1, -0.05) is 18.2 Å². The minimum atomic E-state index is 0.142. The molecule has 19 heavy (non-hydrogen) atoms. The molecule has 1 aromatic heterocycles. The Labute approximate surface area is 120 Å². The predicted octanol–water partition coefficient (Wildman–Crippen LogP) is 2.84. The second-order valence-corrected chi connectivity index (χ2v) is 5.39. The van der Waals surface area contributed by atoms with E-state index in [1.807, 2.05) is 24.3 Å². The van der Waals surface area contributed by atoms with Gasteiger partial charge in [-0.3, -0.25) is 0 Å². The van der Waals surface area contributed by atoms with E-state index in [9.17, 15) is 0 Å². The third kappa shape index (κ3) is 2.66. The van der Waals surface area contributed by atoms with E-state index in [0.29, 0.717) is 12.2 Å². The monoisotopic (exact) mass is 319 g/mol. The summed E-state index contributed by atoms with van der Waals surface area (Å²) in [6.45, 7) is 0.712. The molecule has 0 fully saturated rings. The molecule has 5 heteroatoms. The Balaban J connectivity index is 1.63. The van der Waals surface area contributed by atoms with Crippen LogP contribution in [-0.4, -0.2) is 17.6 Å². The van der Waals surface area contributed by atoms with Gasteiger partial charge in [-0.15, -0.1) is 0 Å². The highest BCUT2D eigenvalue weighted by Crippen LogP contribution is 2.28. The lowest BCUT2D eigenvalue weighted by Gasteiger charge is -2.13. The first-order chi connectivity index (χ1) is 9.22. The zero-order valence-corrected chi connectivity index (χ0v) is 11.9. The zero-order valence-electron chi connectivity index (χ0n) is 10.3. The van der Waals surface area contributed by atoms with Crippen LogP contribution >= 0.6 is 15.9 Å². The first kappa shape index (κ1) is 12.3. The second-order valence-electron chi connectivity index (χ2n) is 4.53. The number of hydrogen-bond donors (Lipinski definition) is 2. The van der Waals surface area contributed by atoms with E-state index in [1.165, 1.54) is 5.56 Å². The maximum absolute atomic E-state index is 5.86. The molecule has 1 aliphatic rings. The van der Waals surface area contributed by atoms with E-state index >= 15 is 0 Å². The molecule has 2 heterocycles. The average molecular weight is 320 g/mol. The zero-order chi connectivity index (χ0) is 13.2. The van der Waals surface area contributed by atoms with Gasteiger partial charge in [-0.05, 0) is 33.6 Å². The summed E-state index contributed by atoms with van der Waals surface area (Å²) >= 11 is 3.44. The normalized spacial score (nSPS) is 16.8. The Bertz CT molecular complexity index is 578. The van der Waals surface area contributed by atoms with Crippen LogP contribution in [0.2, 0.25) is 0 Å². The van der Waals surface area contributed by atoms with Crippen molar-refractivity contribution in [3.05, 3.63) is 46.6 Å². The van der Waals surface area contributed by atoms with Crippen molar-refractivity contribution in [3.63, 3.8) is 0 Å². The van der Waals surface area contributed by atoms with Gasteiger partial charge in [0, 0.05) is 6.42 Å². The number of nitrogens with one attached hydrogen (secondary N) is 1. The summed E-state index contributed by atoms with van der Waals surface area (Å²) in [5, 5.41) is 3.28. The van der Waals surface area contributed by atoms with Crippen LogP contribution in [0.1, 0.15) is 5.56 Å².